The Balaban J connectivity index is 3.07. The van der Waals surface area contributed by atoms with E-state index < -0.39 is 11.9 Å². The van der Waals surface area contributed by atoms with Crippen LogP contribution in [0.4, 0.5) is 0 Å². The van der Waals surface area contributed by atoms with Gasteiger partial charge in [-0.05, 0) is 17.7 Å². The fourth-order valence-electron chi connectivity index (χ4n) is 1.09. The second kappa shape index (κ2) is 5.32. The molecular weight excluding hydrogens is 230 g/mol. The van der Waals surface area contributed by atoms with Crippen molar-refractivity contribution in [2.45, 2.75) is 6.92 Å². The van der Waals surface area contributed by atoms with Crippen LogP contribution >= 0.6 is 11.6 Å². The van der Waals surface area contributed by atoms with Crippen molar-refractivity contribution in [3.05, 3.63) is 40.5 Å². The first-order valence-electron chi connectivity index (χ1n) is 4.48. The summed E-state index contributed by atoms with van der Waals surface area (Å²) in [7, 11) is 0. The molecule has 0 aliphatic heterocycles. The maximum Gasteiger partial charge on any atom is 0.352 e. The van der Waals surface area contributed by atoms with Gasteiger partial charge in [0.2, 0.25) is 5.91 Å². The lowest BCUT2D eigenvalue weighted by Crippen LogP contribution is -2.24. The van der Waals surface area contributed by atoms with Gasteiger partial charge in [-0.25, -0.2) is 4.79 Å². The van der Waals surface area contributed by atoms with Crippen molar-refractivity contribution >= 4 is 29.6 Å². The van der Waals surface area contributed by atoms with Crippen molar-refractivity contribution in [2.75, 3.05) is 0 Å². The van der Waals surface area contributed by atoms with Crippen molar-refractivity contribution in [2.24, 2.45) is 0 Å². The van der Waals surface area contributed by atoms with Gasteiger partial charge in [0.15, 0.2) is 0 Å². The highest BCUT2D eigenvalue weighted by atomic mass is 35.5. The largest absolute Gasteiger partial charge is 0.477 e. The van der Waals surface area contributed by atoms with E-state index in [2.05, 4.69) is 5.32 Å². The maximum atomic E-state index is 10.8. The topological polar surface area (TPSA) is 66.4 Å². The molecule has 0 heterocycles. The van der Waals surface area contributed by atoms with Crippen molar-refractivity contribution < 1.29 is 14.7 Å². The number of carbonyl (C=O) groups excluding carboxylic acids is 1. The minimum atomic E-state index is -1.21. The van der Waals surface area contributed by atoms with Gasteiger partial charge in [-0.3, -0.25) is 4.79 Å². The van der Waals surface area contributed by atoms with Gasteiger partial charge < -0.3 is 10.4 Å². The molecule has 4 nitrogen and oxygen atoms in total. The summed E-state index contributed by atoms with van der Waals surface area (Å²) in [6.45, 7) is 1.24. The zero-order chi connectivity index (χ0) is 12.1. The molecule has 0 aromatic heterocycles. The molecule has 0 saturated heterocycles. The molecule has 84 valence electrons. The van der Waals surface area contributed by atoms with Crippen LogP contribution in [0.2, 0.25) is 5.02 Å². The molecule has 1 aromatic rings. The van der Waals surface area contributed by atoms with Crippen LogP contribution < -0.4 is 5.32 Å². The Morgan fingerprint density at radius 2 is 2.00 bits per heavy atom. The van der Waals surface area contributed by atoms with E-state index >= 15 is 0 Å². The predicted octanol–water partition coefficient (Wildman–Crippen LogP) is 1.90. The van der Waals surface area contributed by atoms with Gasteiger partial charge in [0.25, 0.3) is 0 Å². The number of aliphatic carboxylic acids is 1. The molecule has 2 N–H and O–H groups in total. The minimum absolute atomic E-state index is 0.208. The summed E-state index contributed by atoms with van der Waals surface area (Å²) in [6.07, 6.45) is 1.31. The number of carbonyl (C=O) groups is 2. The Kier molecular flexibility index (Phi) is 4.08. The number of hydrogen-bond donors (Lipinski definition) is 2. The van der Waals surface area contributed by atoms with Crippen LogP contribution in [0.3, 0.4) is 0 Å². The van der Waals surface area contributed by atoms with E-state index in [9.17, 15) is 9.59 Å². The molecule has 0 spiro atoms. The molecule has 5 heteroatoms. The Labute approximate surface area is 97.5 Å². The number of amides is 1. The second-order valence-corrected chi connectivity index (χ2v) is 3.47. The zero-order valence-corrected chi connectivity index (χ0v) is 9.28. The Morgan fingerprint density at radius 1 is 1.38 bits per heavy atom. The molecule has 1 amide bonds. The van der Waals surface area contributed by atoms with Gasteiger partial charge in [0.1, 0.15) is 5.70 Å². The minimum Gasteiger partial charge on any atom is -0.477 e. The summed E-state index contributed by atoms with van der Waals surface area (Å²) in [5.74, 6) is -1.66. The monoisotopic (exact) mass is 239 g/mol. The SMILES string of the molecule is CC(=O)N/C(=C\c1ccccc1Cl)C(=O)O. The molecule has 0 atom stereocenters. The third-order valence-electron chi connectivity index (χ3n) is 1.75. The smallest absolute Gasteiger partial charge is 0.352 e. The summed E-state index contributed by atoms with van der Waals surface area (Å²) in [5.41, 5.74) is 0.330. The maximum absolute atomic E-state index is 10.8. The third-order valence-corrected chi connectivity index (χ3v) is 2.09. The number of hydrogen-bond acceptors (Lipinski definition) is 2. The van der Waals surface area contributed by atoms with E-state index in [1.807, 2.05) is 0 Å². The quantitative estimate of drug-likeness (QED) is 0.792. The standard InChI is InChI=1S/C11H10ClNO3/c1-7(14)13-10(11(15)16)6-8-4-2-3-5-9(8)12/h2-6H,1H3,(H,13,14)(H,15,16)/b10-6-. The first-order valence-corrected chi connectivity index (χ1v) is 4.85. The van der Waals surface area contributed by atoms with Crippen LogP contribution in [0.1, 0.15) is 12.5 Å². The number of carboxylic acid groups (broad SMARTS) is 1. The lowest BCUT2D eigenvalue weighted by Gasteiger charge is -2.03. The number of halogens is 1. The van der Waals surface area contributed by atoms with Gasteiger partial charge >= 0.3 is 5.97 Å². The van der Waals surface area contributed by atoms with Crippen molar-refractivity contribution in [3.8, 4) is 0 Å². The number of benzene rings is 1. The van der Waals surface area contributed by atoms with E-state index in [0.717, 1.165) is 0 Å². The Hall–Kier alpha value is -1.81. The molecule has 0 unspecified atom stereocenters. The zero-order valence-electron chi connectivity index (χ0n) is 8.53. The van der Waals surface area contributed by atoms with Gasteiger partial charge in [-0.2, -0.15) is 0 Å². The van der Waals surface area contributed by atoms with Crippen molar-refractivity contribution in [1.29, 1.82) is 0 Å². The predicted molar refractivity (Wildman–Crippen MR) is 60.9 cm³/mol. The fraction of sp³-hybridized carbons (Fsp3) is 0.0909. The Morgan fingerprint density at radius 3 is 2.50 bits per heavy atom. The average Bonchev–Trinajstić information content (AvgIpc) is 2.19. The van der Waals surface area contributed by atoms with E-state index in [4.69, 9.17) is 16.7 Å². The molecule has 1 aromatic carbocycles. The van der Waals surface area contributed by atoms with Crippen molar-refractivity contribution in [3.63, 3.8) is 0 Å². The lowest BCUT2D eigenvalue weighted by atomic mass is 10.2. The highest BCUT2D eigenvalue weighted by molar-refractivity contribution is 6.32. The van der Waals surface area contributed by atoms with Crippen molar-refractivity contribution in [1.82, 2.24) is 5.32 Å². The molecule has 0 saturated carbocycles. The van der Waals surface area contributed by atoms with E-state index in [0.29, 0.717) is 10.6 Å². The first kappa shape index (κ1) is 12.3. The molecule has 1 rings (SSSR count). The normalized spacial score (nSPS) is 11.0. The highest BCUT2D eigenvalue weighted by Gasteiger charge is 2.09. The molecule has 0 bridgehead atoms. The molecular formula is C11H10ClNO3. The van der Waals surface area contributed by atoms with Crippen LogP contribution in [0, 0.1) is 0 Å². The van der Waals surface area contributed by atoms with Gasteiger partial charge in [-0.1, -0.05) is 29.8 Å². The second-order valence-electron chi connectivity index (χ2n) is 3.07. The van der Waals surface area contributed by atoms with Crippen LogP contribution in [-0.4, -0.2) is 17.0 Å². The molecule has 16 heavy (non-hydrogen) atoms. The average molecular weight is 240 g/mol. The van der Waals surface area contributed by atoms with Crippen LogP contribution in [0.5, 0.6) is 0 Å². The summed E-state index contributed by atoms with van der Waals surface area (Å²) >= 11 is 5.86. The van der Waals surface area contributed by atoms with Gasteiger partial charge in [0, 0.05) is 11.9 Å². The van der Waals surface area contributed by atoms with Gasteiger partial charge in [-0.15, -0.1) is 0 Å². The number of rotatable bonds is 3. The van der Waals surface area contributed by atoms with E-state index in [1.165, 1.54) is 13.0 Å². The molecule has 0 fully saturated rings. The van der Waals surface area contributed by atoms with Crippen LogP contribution in [-0.2, 0) is 9.59 Å². The third kappa shape index (κ3) is 3.40. The molecule has 0 aliphatic rings. The van der Waals surface area contributed by atoms with Crippen LogP contribution in [0.15, 0.2) is 30.0 Å². The highest BCUT2D eigenvalue weighted by Crippen LogP contribution is 2.17. The molecule has 0 aliphatic carbocycles. The fourth-order valence-corrected chi connectivity index (χ4v) is 1.28. The van der Waals surface area contributed by atoms with E-state index in [1.54, 1.807) is 24.3 Å². The molecule has 0 radical (unpaired) electrons. The van der Waals surface area contributed by atoms with E-state index in [-0.39, 0.29) is 5.70 Å². The van der Waals surface area contributed by atoms with Crippen LogP contribution in [0.25, 0.3) is 6.08 Å². The summed E-state index contributed by atoms with van der Waals surface area (Å²) in [6, 6.07) is 6.76. The summed E-state index contributed by atoms with van der Waals surface area (Å²) < 4.78 is 0. The Bertz CT molecular complexity index is 454. The number of nitrogens with one attached hydrogen (secondary N) is 1. The lowest BCUT2D eigenvalue weighted by molar-refractivity contribution is -0.134. The summed E-state index contributed by atoms with van der Waals surface area (Å²) in [5, 5.41) is 11.5. The van der Waals surface area contributed by atoms with Gasteiger partial charge in [0.05, 0.1) is 0 Å². The number of carboxylic acids is 1. The summed E-state index contributed by atoms with van der Waals surface area (Å²) in [4.78, 5) is 21.6. The first-order chi connectivity index (χ1) is 7.50.